The van der Waals surface area contributed by atoms with Gasteiger partial charge in [-0.05, 0) is 30.8 Å². The van der Waals surface area contributed by atoms with Crippen molar-refractivity contribution in [1.82, 2.24) is 5.32 Å². The van der Waals surface area contributed by atoms with Gasteiger partial charge in [-0.15, -0.1) is 0 Å². The van der Waals surface area contributed by atoms with E-state index in [2.05, 4.69) is 33.0 Å². The van der Waals surface area contributed by atoms with Crippen molar-refractivity contribution in [3.8, 4) is 0 Å². The minimum Gasteiger partial charge on any atom is -0.330 e. The lowest BCUT2D eigenvalue weighted by molar-refractivity contribution is 0.304. The van der Waals surface area contributed by atoms with Crippen LogP contribution in [-0.2, 0) is 0 Å². The lowest BCUT2D eigenvalue weighted by Crippen LogP contribution is -2.34. The van der Waals surface area contributed by atoms with E-state index in [0.717, 1.165) is 19.6 Å². The van der Waals surface area contributed by atoms with Gasteiger partial charge < -0.3 is 11.1 Å². The molecule has 1 unspecified atom stereocenters. The largest absolute Gasteiger partial charge is 0.330 e. The Bertz CT molecular complexity index is 121. The normalized spacial score (nSPS) is 14.5. The molecule has 0 aliphatic rings. The molecule has 0 aromatic heterocycles. The molecule has 3 N–H and O–H groups in total. The molecule has 0 aromatic carbocycles. The molecule has 0 saturated carbocycles. The van der Waals surface area contributed by atoms with E-state index in [4.69, 9.17) is 5.73 Å². The van der Waals surface area contributed by atoms with Gasteiger partial charge in [0.2, 0.25) is 0 Å². The second-order valence-electron chi connectivity index (χ2n) is 4.89. The van der Waals surface area contributed by atoms with E-state index in [9.17, 15) is 0 Å². The molecule has 0 aliphatic heterocycles. The molecular weight excluding hydrogens is 160 g/mol. The molecule has 0 saturated heterocycles. The summed E-state index contributed by atoms with van der Waals surface area (Å²) >= 11 is 0. The van der Waals surface area contributed by atoms with Gasteiger partial charge >= 0.3 is 0 Å². The zero-order valence-corrected chi connectivity index (χ0v) is 9.69. The molecule has 2 heteroatoms. The van der Waals surface area contributed by atoms with Crippen LogP contribution in [0.3, 0.4) is 0 Å². The maximum atomic E-state index is 5.54. The first-order valence-corrected chi connectivity index (χ1v) is 5.42. The van der Waals surface area contributed by atoms with E-state index in [1.807, 2.05) is 0 Å². The SMILES string of the molecule is CCCC(C)(C)CNCC(C)CN. The first-order chi connectivity index (χ1) is 6.02. The molecule has 0 aliphatic carbocycles. The van der Waals surface area contributed by atoms with Gasteiger partial charge in [-0.1, -0.05) is 34.1 Å². The van der Waals surface area contributed by atoms with Gasteiger partial charge in [0.25, 0.3) is 0 Å². The van der Waals surface area contributed by atoms with Crippen LogP contribution in [0.15, 0.2) is 0 Å². The first-order valence-electron chi connectivity index (χ1n) is 5.42. The highest BCUT2D eigenvalue weighted by atomic mass is 14.9. The van der Waals surface area contributed by atoms with Crippen LogP contribution in [0.2, 0.25) is 0 Å². The Kier molecular flexibility index (Phi) is 6.35. The Morgan fingerprint density at radius 1 is 1.38 bits per heavy atom. The first kappa shape index (κ1) is 12.9. The van der Waals surface area contributed by atoms with E-state index >= 15 is 0 Å². The van der Waals surface area contributed by atoms with Crippen molar-refractivity contribution < 1.29 is 0 Å². The van der Waals surface area contributed by atoms with E-state index < -0.39 is 0 Å². The number of nitrogens with two attached hydrogens (primary N) is 1. The van der Waals surface area contributed by atoms with Gasteiger partial charge in [0.15, 0.2) is 0 Å². The van der Waals surface area contributed by atoms with E-state index in [-0.39, 0.29) is 0 Å². The highest BCUT2D eigenvalue weighted by Gasteiger charge is 2.15. The Morgan fingerprint density at radius 2 is 2.00 bits per heavy atom. The molecule has 0 bridgehead atoms. The maximum Gasteiger partial charge on any atom is 0.000264 e. The molecular formula is C11H26N2. The summed E-state index contributed by atoms with van der Waals surface area (Å²) in [5.41, 5.74) is 5.97. The molecule has 1 atom stereocenters. The lowest BCUT2D eigenvalue weighted by Gasteiger charge is -2.25. The Balaban J connectivity index is 3.50. The number of hydrogen-bond donors (Lipinski definition) is 2. The van der Waals surface area contributed by atoms with Crippen LogP contribution in [0.1, 0.15) is 40.5 Å². The minimum atomic E-state index is 0.434. The fraction of sp³-hybridized carbons (Fsp3) is 1.00. The predicted octanol–water partition coefficient (Wildman–Crippen LogP) is 2.00. The fourth-order valence-electron chi connectivity index (χ4n) is 1.51. The summed E-state index contributed by atoms with van der Waals surface area (Å²) in [5.74, 6) is 0.595. The van der Waals surface area contributed by atoms with Crippen LogP contribution < -0.4 is 11.1 Å². The van der Waals surface area contributed by atoms with Gasteiger partial charge in [-0.3, -0.25) is 0 Å². The van der Waals surface area contributed by atoms with Crippen molar-refractivity contribution in [2.75, 3.05) is 19.6 Å². The second-order valence-corrected chi connectivity index (χ2v) is 4.89. The topological polar surface area (TPSA) is 38.0 Å². The summed E-state index contributed by atoms with van der Waals surface area (Å²) in [6.45, 7) is 12.0. The van der Waals surface area contributed by atoms with Crippen LogP contribution in [0.5, 0.6) is 0 Å². The molecule has 0 spiro atoms. The summed E-state index contributed by atoms with van der Waals surface area (Å²) in [7, 11) is 0. The van der Waals surface area contributed by atoms with Crippen molar-refractivity contribution >= 4 is 0 Å². The zero-order chi connectivity index (χ0) is 10.3. The van der Waals surface area contributed by atoms with Gasteiger partial charge in [-0.2, -0.15) is 0 Å². The molecule has 0 heterocycles. The monoisotopic (exact) mass is 186 g/mol. The Labute approximate surface area is 83.3 Å². The average molecular weight is 186 g/mol. The van der Waals surface area contributed by atoms with E-state index in [1.54, 1.807) is 0 Å². The molecule has 0 rings (SSSR count). The van der Waals surface area contributed by atoms with Crippen LogP contribution in [0.4, 0.5) is 0 Å². The molecule has 0 aromatic rings. The molecule has 2 nitrogen and oxygen atoms in total. The molecule has 0 radical (unpaired) electrons. The van der Waals surface area contributed by atoms with Crippen molar-refractivity contribution in [2.24, 2.45) is 17.1 Å². The molecule has 0 fully saturated rings. The summed E-state index contributed by atoms with van der Waals surface area (Å²) in [6, 6.07) is 0. The smallest absolute Gasteiger partial charge is 0.000264 e. The number of rotatable bonds is 7. The van der Waals surface area contributed by atoms with Crippen molar-refractivity contribution in [3.63, 3.8) is 0 Å². The van der Waals surface area contributed by atoms with Crippen LogP contribution >= 0.6 is 0 Å². The summed E-state index contributed by atoms with van der Waals surface area (Å²) in [4.78, 5) is 0. The Morgan fingerprint density at radius 3 is 2.46 bits per heavy atom. The quantitative estimate of drug-likeness (QED) is 0.638. The van der Waals surface area contributed by atoms with Crippen LogP contribution in [0, 0.1) is 11.3 Å². The third-order valence-electron chi connectivity index (χ3n) is 2.43. The minimum absolute atomic E-state index is 0.434. The Hall–Kier alpha value is -0.0800. The van der Waals surface area contributed by atoms with Gasteiger partial charge in [0, 0.05) is 6.54 Å². The van der Waals surface area contributed by atoms with Crippen molar-refractivity contribution in [1.29, 1.82) is 0 Å². The van der Waals surface area contributed by atoms with Crippen LogP contribution in [-0.4, -0.2) is 19.6 Å². The van der Waals surface area contributed by atoms with Crippen molar-refractivity contribution in [2.45, 2.75) is 40.5 Å². The van der Waals surface area contributed by atoms with Gasteiger partial charge in [0.1, 0.15) is 0 Å². The third kappa shape index (κ3) is 7.03. The van der Waals surface area contributed by atoms with Crippen LogP contribution in [0.25, 0.3) is 0 Å². The summed E-state index contributed by atoms with van der Waals surface area (Å²) < 4.78 is 0. The maximum absolute atomic E-state index is 5.54. The number of hydrogen-bond acceptors (Lipinski definition) is 2. The third-order valence-corrected chi connectivity index (χ3v) is 2.43. The van der Waals surface area contributed by atoms with E-state index in [0.29, 0.717) is 11.3 Å². The summed E-state index contributed by atoms with van der Waals surface area (Å²) in [6.07, 6.45) is 2.55. The summed E-state index contributed by atoms with van der Waals surface area (Å²) in [5, 5.41) is 3.48. The number of nitrogens with one attached hydrogen (secondary N) is 1. The standard InChI is InChI=1S/C11H26N2/c1-5-6-11(3,4)9-13-8-10(2)7-12/h10,13H,5-9,12H2,1-4H3. The van der Waals surface area contributed by atoms with Gasteiger partial charge in [-0.25, -0.2) is 0 Å². The fourth-order valence-corrected chi connectivity index (χ4v) is 1.51. The lowest BCUT2D eigenvalue weighted by atomic mass is 9.88. The molecule has 0 amide bonds. The highest BCUT2D eigenvalue weighted by Crippen LogP contribution is 2.20. The zero-order valence-electron chi connectivity index (χ0n) is 9.69. The average Bonchev–Trinajstić information content (AvgIpc) is 2.03. The molecule has 13 heavy (non-hydrogen) atoms. The van der Waals surface area contributed by atoms with Gasteiger partial charge in [0.05, 0.1) is 0 Å². The van der Waals surface area contributed by atoms with E-state index in [1.165, 1.54) is 12.8 Å². The molecule has 80 valence electrons. The van der Waals surface area contributed by atoms with Crippen molar-refractivity contribution in [3.05, 3.63) is 0 Å². The highest BCUT2D eigenvalue weighted by molar-refractivity contribution is 4.71. The predicted molar refractivity (Wildman–Crippen MR) is 59.8 cm³/mol. The second kappa shape index (κ2) is 6.39.